The third-order valence-corrected chi connectivity index (χ3v) is 2.44. The van der Waals surface area contributed by atoms with Gasteiger partial charge in [0.05, 0.1) is 6.54 Å². The molecule has 0 aliphatic rings. The number of aldehydes is 1. The lowest BCUT2D eigenvalue weighted by Crippen LogP contribution is -2.10. The smallest absolute Gasteiger partial charge is 0.152 e. The first kappa shape index (κ1) is 11.4. The monoisotopic (exact) mass is 226 g/mol. The summed E-state index contributed by atoms with van der Waals surface area (Å²) in [4.78, 5) is 13.0. The van der Waals surface area contributed by atoms with Crippen molar-refractivity contribution in [1.82, 2.24) is 9.30 Å². The van der Waals surface area contributed by atoms with Gasteiger partial charge >= 0.3 is 0 Å². The molecule has 86 valence electrons. The quantitative estimate of drug-likeness (QED) is 0.574. The highest BCUT2D eigenvalue weighted by atomic mass is 16.1. The lowest BCUT2D eigenvalue weighted by molar-refractivity contribution is 0.112. The third-order valence-electron chi connectivity index (χ3n) is 2.44. The van der Waals surface area contributed by atoms with Crippen molar-refractivity contribution in [3.8, 4) is 11.8 Å². The molecule has 0 aromatic carbocycles. The molecular weight excluding hydrogens is 212 g/mol. The highest BCUT2D eigenvalue weighted by Gasteiger charge is 2.06. The molecule has 0 spiro atoms. The van der Waals surface area contributed by atoms with Crippen LogP contribution in [0.5, 0.6) is 0 Å². The average molecular weight is 226 g/mol. The molecule has 3 nitrogen and oxygen atoms in total. The molecule has 0 bridgehead atoms. The Kier molecular flexibility index (Phi) is 3.27. The van der Waals surface area contributed by atoms with E-state index in [0.29, 0.717) is 12.1 Å². The summed E-state index contributed by atoms with van der Waals surface area (Å²) in [6.07, 6.45) is 2.77. The van der Waals surface area contributed by atoms with Gasteiger partial charge in [0.25, 0.3) is 0 Å². The zero-order valence-corrected chi connectivity index (χ0v) is 9.97. The predicted molar refractivity (Wildman–Crippen MR) is 68.2 cm³/mol. The van der Waals surface area contributed by atoms with E-state index in [1.54, 1.807) is 0 Å². The first-order valence-electron chi connectivity index (χ1n) is 5.41. The lowest BCUT2D eigenvalue weighted by Gasteiger charge is -2.01. The summed E-state index contributed by atoms with van der Waals surface area (Å²) in [5, 5.41) is 0. The van der Waals surface area contributed by atoms with Crippen LogP contribution in [-0.4, -0.2) is 36.2 Å². The van der Waals surface area contributed by atoms with E-state index < -0.39 is 0 Å². The Balaban J connectivity index is 2.49. The molecule has 2 rings (SSSR count). The predicted octanol–water partition coefficient (Wildman–Crippen LogP) is 1.66. The minimum Gasteiger partial charge on any atom is -0.309 e. The van der Waals surface area contributed by atoms with Crippen molar-refractivity contribution in [1.29, 1.82) is 0 Å². The van der Waals surface area contributed by atoms with Crippen LogP contribution in [0.15, 0.2) is 30.5 Å². The van der Waals surface area contributed by atoms with Crippen LogP contribution in [0.1, 0.15) is 16.1 Å². The topological polar surface area (TPSA) is 24.7 Å². The van der Waals surface area contributed by atoms with E-state index in [2.05, 4.69) is 11.8 Å². The van der Waals surface area contributed by atoms with E-state index in [-0.39, 0.29) is 0 Å². The zero-order valence-electron chi connectivity index (χ0n) is 9.97. The van der Waals surface area contributed by atoms with Gasteiger partial charge in [0, 0.05) is 17.3 Å². The van der Waals surface area contributed by atoms with Gasteiger partial charge in [-0.15, -0.1) is 0 Å². The number of aromatic nitrogens is 1. The van der Waals surface area contributed by atoms with Crippen LogP contribution in [0.3, 0.4) is 0 Å². The molecule has 0 saturated heterocycles. The number of carbonyl (C=O) groups excluding carboxylic acids is 1. The van der Waals surface area contributed by atoms with Crippen molar-refractivity contribution in [2.45, 2.75) is 0 Å². The van der Waals surface area contributed by atoms with Crippen molar-refractivity contribution in [2.24, 2.45) is 0 Å². The summed E-state index contributed by atoms with van der Waals surface area (Å²) in [7, 11) is 3.93. The van der Waals surface area contributed by atoms with E-state index in [1.807, 2.05) is 53.9 Å². The maximum atomic E-state index is 11.0. The normalized spacial score (nSPS) is 10.3. The third kappa shape index (κ3) is 2.38. The van der Waals surface area contributed by atoms with Crippen molar-refractivity contribution in [2.75, 3.05) is 20.6 Å². The summed E-state index contributed by atoms with van der Waals surface area (Å²) >= 11 is 0. The van der Waals surface area contributed by atoms with Crippen LogP contribution in [-0.2, 0) is 0 Å². The van der Waals surface area contributed by atoms with Gasteiger partial charge in [0.1, 0.15) is 5.69 Å². The molecule has 2 aromatic rings. The minimum absolute atomic E-state index is 0.641. The number of pyridine rings is 1. The molecule has 0 atom stereocenters. The molecular formula is C14H14N2O. The summed E-state index contributed by atoms with van der Waals surface area (Å²) in [5.74, 6) is 6.11. The molecule has 0 aliphatic carbocycles. The maximum absolute atomic E-state index is 11.0. The molecule has 0 fully saturated rings. The van der Waals surface area contributed by atoms with Crippen LogP contribution in [0.25, 0.3) is 5.52 Å². The first-order valence-corrected chi connectivity index (χ1v) is 5.41. The molecule has 0 saturated carbocycles. The standard InChI is InChI=1S/C14H14N2O/c1-15(2)8-5-7-14-12(11-17)10-13-6-3-4-9-16(13)14/h3-4,6,9-11H,8H2,1-2H3. The number of fused-ring (bicyclic) bond motifs is 1. The van der Waals surface area contributed by atoms with E-state index in [4.69, 9.17) is 0 Å². The summed E-state index contributed by atoms with van der Waals surface area (Å²) < 4.78 is 1.94. The summed E-state index contributed by atoms with van der Waals surface area (Å²) in [5.41, 5.74) is 2.39. The van der Waals surface area contributed by atoms with Crippen molar-refractivity contribution < 1.29 is 4.79 Å². The highest BCUT2D eigenvalue weighted by molar-refractivity contribution is 5.82. The fraction of sp³-hybridized carbons (Fsp3) is 0.214. The molecule has 0 radical (unpaired) electrons. The van der Waals surface area contributed by atoms with Crippen LogP contribution in [0.4, 0.5) is 0 Å². The van der Waals surface area contributed by atoms with Gasteiger partial charge in [0.2, 0.25) is 0 Å². The average Bonchev–Trinajstić information content (AvgIpc) is 2.67. The number of hydrogen-bond acceptors (Lipinski definition) is 2. The van der Waals surface area contributed by atoms with Gasteiger partial charge < -0.3 is 4.40 Å². The number of carbonyl (C=O) groups is 1. The van der Waals surface area contributed by atoms with Crippen LogP contribution < -0.4 is 0 Å². The van der Waals surface area contributed by atoms with Crippen molar-refractivity contribution >= 4 is 11.8 Å². The zero-order chi connectivity index (χ0) is 12.3. The maximum Gasteiger partial charge on any atom is 0.152 e. The fourth-order valence-corrected chi connectivity index (χ4v) is 1.65. The first-order chi connectivity index (χ1) is 8.22. The summed E-state index contributed by atoms with van der Waals surface area (Å²) in [6, 6.07) is 7.69. The van der Waals surface area contributed by atoms with Gasteiger partial charge in [-0.05, 0) is 38.2 Å². The van der Waals surface area contributed by atoms with E-state index in [1.165, 1.54) is 0 Å². The Morgan fingerprint density at radius 3 is 2.94 bits per heavy atom. The Bertz CT molecular complexity index is 599. The van der Waals surface area contributed by atoms with Crippen LogP contribution in [0.2, 0.25) is 0 Å². The molecule has 0 aliphatic heterocycles. The Hall–Kier alpha value is -2.05. The lowest BCUT2D eigenvalue weighted by atomic mass is 10.2. The van der Waals surface area contributed by atoms with Crippen molar-refractivity contribution in [3.63, 3.8) is 0 Å². The SMILES string of the molecule is CN(C)CC#Cc1c(C=O)cc2ccccn12. The van der Waals surface area contributed by atoms with E-state index in [0.717, 1.165) is 17.5 Å². The number of rotatable bonds is 2. The van der Waals surface area contributed by atoms with Gasteiger partial charge in [-0.3, -0.25) is 9.69 Å². The largest absolute Gasteiger partial charge is 0.309 e. The molecule has 0 N–H and O–H groups in total. The molecule has 2 heterocycles. The molecule has 0 amide bonds. The Morgan fingerprint density at radius 1 is 1.41 bits per heavy atom. The van der Waals surface area contributed by atoms with Crippen LogP contribution >= 0.6 is 0 Å². The minimum atomic E-state index is 0.641. The molecule has 2 aromatic heterocycles. The van der Waals surface area contributed by atoms with Gasteiger partial charge in [-0.25, -0.2) is 0 Å². The molecule has 17 heavy (non-hydrogen) atoms. The number of hydrogen-bond donors (Lipinski definition) is 0. The number of nitrogens with zero attached hydrogens (tertiary/aromatic N) is 2. The van der Waals surface area contributed by atoms with Gasteiger partial charge in [0.15, 0.2) is 6.29 Å². The van der Waals surface area contributed by atoms with Crippen LogP contribution in [0, 0.1) is 11.8 Å². The second-order valence-electron chi connectivity index (χ2n) is 4.10. The Morgan fingerprint density at radius 2 is 2.24 bits per heavy atom. The second-order valence-corrected chi connectivity index (χ2v) is 4.10. The second kappa shape index (κ2) is 4.86. The van der Waals surface area contributed by atoms with E-state index in [9.17, 15) is 4.79 Å². The highest BCUT2D eigenvalue weighted by Crippen LogP contribution is 2.13. The fourth-order valence-electron chi connectivity index (χ4n) is 1.65. The Labute approximate surface area is 101 Å². The van der Waals surface area contributed by atoms with Gasteiger partial charge in [-0.1, -0.05) is 12.0 Å². The van der Waals surface area contributed by atoms with E-state index >= 15 is 0 Å². The van der Waals surface area contributed by atoms with Crippen molar-refractivity contribution in [3.05, 3.63) is 41.7 Å². The molecule has 3 heteroatoms. The molecule has 0 unspecified atom stereocenters. The van der Waals surface area contributed by atoms with Gasteiger partial charge in [-0.2, -0.15) is 0 Å². The summed E-state index contributed by atoms with van der Waals surface area (Å²) in [6.45, 7) is 0.679.